The van der Waals surface area contributed by atoms with Gasteiger partial charge in [-0.25, -0.2) is 0 Å². The third-order valence-corrected chi connectivity index (χ3v) is 3.38. The van der Waals surface area contributed by atoms with Crippen molar-refractivity contribution >= 4 is 11.6 Å². The van der Waals surface area contributed by atoms with Crippen LogP contribution in [0.5, 0.6) is 11.5 Å². The van der Waals surface area contributed by atoms with Gasteiger partial charge in [-0.05, 0) is 36.1 Å². The first-order valence-electron chi connectivity index (χ1n) is 5.73. The second-order valence-corrected chi connectivity index (χ2v) is 4.36. The highest BCUT2D eigenvalue weighted by Crippen LogP contribution is 2.41. The smallest absolute Gasteiger partial charge is 0.179 e. The standard InChI is InChI=1S/C13H20ClNO2/c1-5-9-10(8(2)7-15)6-11(16-3)13(17-4)12(9)14/h6,8H,5,7,15H2,1-4H3. The molecule has 0 heterocycles. The third kappa shape index (κ3) is 2.67. The molecule has 0 aromatic heterocycles. The summed E-state index contributed by atoms with van der Waals surface area (Å²) in [5.74, 6) is 1.51. The molecule has 3 nitrogen and oxygen atoms in total. The van der Waals surface area contributed by atoms with E-state index in [-0.39, 0.29) is 5.92 Å². The molecule has 17 heavy (non-hydrogen) atoms. The lowest BCUT2D eigenvalue weighted by molar-refractivity contribution is 0.354. The number of nitrogens with two attached hydrogens (primary N) is 1. The molecule has 1 unspecified atom stereocenters. The zero-order chi connectivity index (χ0) is 13.0. The summed E-state index contributed by atoms with van der Waals surface area (Å²) in [5, 5.41) is 0.629. The second kappa shape index (κ2) is 6.12. The molecule has 0 fully saturated rings. The van der Waals surface area contributed by atoms with Crippen molar-refractivity contribution in [1.82, 2.24) is 0 Å². The van der Waals surface area contributed by atoms with Gasteiger partial charge in [-0.2, -0.15) is 0 Å². The molecule has 4 heteroatoms. The van der Waals surface area contributed by atoms with Crippen LogP contribution in [0.3, 0.4) is 0 Å². The van der Waals surface area contributed by atoms with Gasteiger partial charge in [0.25, 0.3) is 0 Å². The van der Waals surface area contributed by atoms with Gasteiger partial charge in [0, 0.05) is 0 Å². The van der Waals surface area contributed by atoms with Crippen molar-refractivity contribution in [3.8, 4) is 11.5 Å². The molecule has 0 aliphatic carbocycles. The maximum absolute atomic E-state index is 6.35. The Morgan fingerprint density at radius 3 is 2.41 bits per heavy atom. The van der Waals surface area contributed by atoms with Gasteiger partial charge in [-0.3, -0.25) is 0 Å². The minimum atomic E-state index is 0.252. The summed E-state index contributed by atoms with van der Waals surface area (Å²) in [6.07, 6.45) is 0.846. The van der Waals surface area contributed by atoms with Crippen LogP contribution in [0, 0.1) is 0 Å². The highest BCUT2D eigenvalue weighted by atomic mass is 35.5. The normalized spacial score (nSPS) is 12.4. The van der Waals surface area contributed by atoms with Gasteiger partial charge in [0.2, 0.25) is 0 Å². The topological polar surface area (TPSA) is 44.5 Å². The van der Waals surface area contributed by atoms with E-state index >= 15 is 0 Å². The molecular formula is C13H20ClNO2. The lowest BCUT2D eigenvalue weighted by atomic mass is 9.93. The summed E-state index contributed by atoms with van der Waals surface area (Å²) in [5.41, 5.74) is 7.95. The molecule has 0 aliphatic heterocycles. The summed E-state index contributed by atoms with van der Waals surface area (Å²) in [7, 11) is 3.20. The quantitative estimate of drug-likeness (QED) is 0.882. The first-order chi connectivity index (χ1) is 8.10. The van der Waals surface area contributed by atoms with Gasteiger partial charge in [-0.1, -0.05) is 25.4 Å². The van der Waals surface area contributed by atoms with Gasteiger partial charge in [-0.15, -0.1) is 0 Å². The van der Waals surface area contributed by atoms with Crippen LogP contribution in [-0.4, -0.2) is 20.8 Å². The Balaban J connectivity index is 3.45. The summed E-state index contributed by atoms with van der Waals surface area (Å²) in [6.45, 7) is 4.73. The molecule has 0 saturated heterocycles. The summed E-state index contributed by atoms with van der Waals surface area (Å²) in [4.78, 5) is 0. The van der Waals surface area contributed by atoms with E-state index in [1.807, 2.05) is 6.07 Å². The molecule has 1 atom stereocenters. The Hall–Kier alpha value is -0.930. The third-order valence-electron chi connectivity index (χ3n) is 2.99. The van der Waals surface area contributed by atoms with Crippen molar-refractivity contribution in [1.29, 1.82) is 0 Å². The molecule has 0 bridgehead atoms. The number of rotatable bonds is 5. The van der Waals surface area contributed by atoms with E-state index < -0.39 is 0 Å². The molecule has 1 aromatic carbocycles. The average Bonchev–Trinajstić information content (AvgIpc) is 2.36. The molecule has 0 radical (unpaired) electrons. The molecule has 1 rings (SSSR count). The van der Waals surface area contributed by atoms with Crippen LogP contribution in [0.25, 0.3) is 0 Å². The monoisotopic (exact) mass is 257 g/mol. The maximum Gasteiger partial charge on any atom is 0.179 e. The number of hydrogen-bond acceptors (Lipinski definition) is 3. The summed E-state index contributed by atoms with van der Waals surface area (Å²) < 4.78 is 10.6. The SMILES string of the molecule is CCc1c(C(C)CN)cc(OC)c(OC)c1Cl. The minimum absolute atomic E-state index is 0.252. The van der Waals surface area contributed by atoms with Crippen molar-refractivity contribution in [3.05, 3.63) is 22.2 Å². The van der Waals surface area contributed by atoms with E-state index in [0.29, 0.717) is 23.1 Å². The van der Waals surface area contributed by atoms with Gasteiger partial charge in [0.05, 0.1) is 19.2 Å². The van der Waals surface area contributed by atoms with Crippen molar-refractivity contribution in [2.75, 3.05) is 20.8 Å². The van der Waals surface area contributed by atoms with Crippen LogP contribution in [-0.2, 0) is 6.42 Å². The van der Waals surface area contributed by atoms with Gasteiger partial charge >= 0.3 is 0 Å². The molecule has 0 saturated carbocycles. The Bertz CT molecular complexity index is 393. The summed E-state index contributed by atoms with van der Waals surface area (Å²) >= 11 is 6.35. The molecule has 2 N–H and O–H groups in total. The number of benzene rings is 1. The van der Waals surface area contributed by atoms with Crippen LogP contribution < -0.4 is 15.2 Å². The van der Waals surface area contributed by atoms with Crippen LogP contribution in [0.4, 0.5) is 0 Å². The first kappa shape index (κ1) is 14.1. The Kier molecular flexibility index (Phi) is 5.09. The fraction of sp³-hybridized carbons (Fsp3) is 0.538. The van der Waals surface area contributed by atoms with E-state index in [2.05, 4.69) is 13.8 Å². The van der Waals surface area contributed by atoms with Gasteiger partial charge in [0.15, 0.2) is 11.5 Å². The molecule has 0 aliphatic rings. The predicted molar refractivity (Wildman–Crippen MR) is 71.4 cm³/mol. The van der Waals surface area contributed by atoms with Gasteiger partial charge < -0.3 is 15.2 Å². The number of halogens is 1. The first-order valence-corrected chi connectivity index (χ1v) is 6.11. The molecular weight excluding hydrogens is 238 g/mol. The van der Waals surface area contributed by atoms with E-state index in [4.69, 9.17) is 26.8 Å². The van der Waals surface area contributed by atoms with Crippen LogP contribution in [0.2, 0.25) is 5.02 Å². The number of hydrogen-bond donors (Lipinski definition) is 1. The Labute approximate surface area is 108 Å². The molecule has 1 aromatic rings. The van der Waals surface area contributed by atoms with Crippen LogP contribution >= 0.6 is 11.6 Å². The van der Waals surface area contributed by atoms with Crippen molar-refractivity contribution in [2.24, 2.45) is 5.73 Å². The Morgan fingerprint density at radius 2 is 2.00 bits per heavy atom. The van der Waals surface area contributed by atoms with Gasteiger partial charge in [0.1, 0.15) is 0 Å². The van der Waals surface area contributed by atoms with Crippen molar-refractivity contribution < 1.29 is 9.47 Å². The molecule has 0 spiro atoms. The highest BCUT2D eigenvalue weighted by molar-refractivity contribution is 6.33. The van der Waals surface area contributed by atoms with Crippen LogP contribution in [0.15, 0.2) is 6.07 Å². The average molecular weight is 258 g/mol. The fourth-order valence-electron chi connectivity index (χ4n) is 1.93. The minimum Gasteiger partial charge on any atom is -0.493 e. The lowest BCUT2D eigenvalue weighted by Crippen LogP contribution is -2.12. The predicted octanol–water partition coefficient (Wildman–Crippen LogP) is 2.98. The largest absolute Gasteiger partial charge is 0.493 e. The maximum atomic E-state index is 6.35. The lowest BCUT2D eigenvalue weighted by Gasteiger charge is -2.19. The second-order valence-electron chi connectivity index (χ2n) is 3.98. The van der Waals surface area contributed by atoms with E-state index in [9.17, 15) is 0 Å². The van der Waals surface area contributed by atoms with Crippen molar-refractivity contribution in [3.63, 3.8) is 0 Å². The van der Waals surface area contributed by atoms with Crippen LogP contribution in [0.1, 0.15) is 30.9 Å². The zero-order valence-corrected chi connectivity index (χ0v) is 11.6. The van der Waals surface area contributed by atoms with E-state index in [1.165, 1.54) is 0 Å². The zero-order valence-electron chi connectivity index (χ0n) is 10.8. The Morgan fingerprint density at radius 1 is 1.35 bits per heavy atom. The molecule has 0 amide bonds. The highest BCUT2D eigenvalue weighted by Gasteiger charge is 2.19. The fourth-order valence-corrected chi connectivity index (χ4v) is 2.35. The number of ether oxygens (including phenoxy) is 2. The molecule has 96 valence electrons. The number of methoxy groups -OCH3 is 2. The van der Waals surface area contributed by atoms with E-state index in [0.717, 1.165) is 17.5 Å². The van der Waals surface area contributed by atoms with Crippen molar-refractivity contribution in [2.45, 2.75) is 26.2 Å². The van der Waals surface area contributed by atoms with E-state index in [1.54, 1.807) is 14.2 Å². The summed E-state index contributed by atoms with van der Waals surface area (Å²) in [6, 6.07) is 1.97.